The van der Waals surface area contributed by atoms with Crippen molar-refractivity contribution in [2.75, 3.05) is 17.6 Å². The molecule has 1 heterocycles. The molecule has 9 nitrogen and oxygen atoms in total. The van der Waals surface area contributed by atoms with Crippen LogP contribution in [0.3, 0.4) is 0 Å². The first-order valence-electron chi connectivity index (χ1n) is 10.7. The fourth-order valence-corrected chi connectivity index (χ4v) is 3.25. The first-order valence-corrected chi connectivity index (χ1v) is 11.4. The summed E-state index contributed by atoms with van der Waals surface area (Å²) in [5.41, 5.74) is 8.49. The van der Waals surface area contributed by atoms with Crippen LogP contribution in [0.4, 0.5) is 11.4 Å². The number of aromatic nitrogens is 1. The third kappa shape index (κ3) is 6.69. The Kier molecular flexibility index (Phi) is 8.83. The number of nitro benzene ring substituents is 1. The van der Waals surface area contributed by atoms with E-state index in [4.69, 9.17) is 10.5 Å². The van der Waals surface area contributed by atoms with Crippen LogP contribution in [0.15, 0.2) is 66.7 Å². The lowest BCUT2D eigenvalue weighted by Crippen LogP contribution is -2.36. The summed E-state index contributed by atoms with van der Waals surface area (Å²) in [7, 11) is 0. The van der Waals surface area contributed by atoms with Crippen molar-refractivity contribution in [3.05, 3.63) is 82.4 Å². The third-order valence-electron chi connectivity index (χ3n) is 5.02. The summed E-state index contributed by atoms with van der Waals surface area (Å²) in [6.45, 7) is 2.04. The second-order valence-corrected chi connectivity index (χ2v) is 7.97. The zero-order chi connectivity index (χ0) is 24.5. The lowest BCUT2D eigenvalue weighted by Gasteiger charge is -2.19. The van der Waals surface area contributed by atoms with Crippen LogP contribution >= 0.6 is 12.6 Å². The fraction of sp³-hybridized carbons (Fsp3) is 0.250. The van der Waals surface area contributed by atoms with E-state index in [1.54, 1.807) is 25.1 Å². The quantitative estimate of drug-likeness (QED) is 0.187. The third-order valence-corrected chi connectivity index (χ3v) is 5.49. The lowest BCUT2D eigenvalue weighted by atomic mass is 10.1. The molecule has 3 rings (SSSR count). The molecule has 2 aromatic carbocycles. The second-order valence-electron chi connectivity index (χ2n) is 7.60. The van der Waals surface area contributed by atoms with Gasteiger partial charge in [0.1, 0.15) is 0 Å². The number of hydrogen-bond acceptors (Lipinski definition) is 8. The molecule has 2 unspecified atom stereocenters. The summed E-state index contributed by atoms with van der Waals surface area (Å²) in [4.78, 5) is 28.0. The molecular weight excluding hydrogens is 454 g/mol. The SMILES string of the molecule is CC(Oc1nc(-c2ccccc2)ccc1NCC(N)CS)C(=O)NCc1ccccc1[N+](=O)[O-]. The predicted molar refractivity (Wildman–Crippen MR) is 135 cm³/mol. The molecule has 1 amide bonds. The van der Waals surface area contributed by atoms with E-state index < -0.39 is 16.9 Å². The van der Waals surface area contributed by atoms with E-state index in [-0.39, 0.29) is 24.2 Å². The minimum atomic E-state index is -0.902. The van der Waals surface area contributed by atoms with Crippen LogP contribution in [0.25, 0.3) is 11.3 Å². The Labute approximate surface area is 203 Å². The number of carbonyl (C=O) groups is 1. The minimum Gasteiger partial charge on any atom is -0.463 e. The lowest BCUT2D eigenvalue weighted by molar-refractivity contribution is -0.385. The number of hydrogen-bond donors (Lipinski definition) is 4. The van der Waals surface area contributed by atoms with Crippen LogP contribution in [-0.2, 0) is 11.3 Å². The smallest absolute Gasteiger partial charge is 0.274 e. The monoisotopic (exact) mass is 481 g/mol. The van der Waals surface area contributed by atoms with Gasteiger partial charge in [0.2, 0.25) is 5.88 Å². The molecule has 2 atom stereocenters. The van der Waals surface area contributed by atoms with Gasteiger partial charge in [0, 0.05) is 42.1 Å². The number of nitrogens with zero attached hydrogens (tertiary/aromatic N) is 2. The molecule has 3 aromatic rings. The molecule has 0 aliphatic heterocycles. The van der Waals surface area contributed by atoms with E-state index in [0.717, 1.165) is 5.56 Å². The Hall–Kier alpha value is -3.63. The number of anilines is 1. The molecule has 0 saturated heterocycles. The van der Waals surface area contributed by atoms with E-state index in [1.165, 1.54) is 6.07 Å². The molecule has 178 valence electrons. The molecule has 10 heteroatoms. The Bertz CT molecular complexity index is 1130. The Morgan fingerprint density at radius 1 is 1.15 bits per heavy atom. The molecule has 4 N–H and O–H groups in total. The van der Waals surface area contributed by atoms with Crippen molar-refractivity contribution in [3.63, 3.8) is 0 Å². The minimum absolute atomic E-state index is 0.00305. The molecule has 0 aliphatic rings. The number of nitrogens with two attached hydrogens (primary N) is 1. The normalized spacial score (nSPS) is 12.4. The molecule has 0 spiro atoms. The standard InChI is InChI=1S/C24H27N5O4S/c1-16(23(30)27-13-18-9-5-6-10-22(18)29(31)32)33-24-21(26-14-19(25)15-34)12-11-20(28-24)17-7-3-2-4-8-17/h2-12,16,19,26,34H,13-15,25H2,1H3,(H,27,30). The molecule has 0 bridgehead atoms. The molecule has 0 fully saturated rings. The van der Waals surface area contributed by atoms with Gasteiger partial charge in [0.15, 0.2) is 6.10 Å². The molecule has 0 saturated carbocycles. The van der Waals surface area contributed by atoms with Crippen LogP contribution < -0.4 is 21.1 Å². The van der Waals surface area contributed by atoms with E-state index in [9.17, 15) is 14.9 Å². The van der Waals surface area contributed by atoms with Gasteiger partial charge in [-0.1, -0.05) is 48.5 Å². The molecular formula is C24H27N5O4S. The Morgan fingerprint density at radius 3 is 2.56 bits per heavy atom. The number of carbonyl (C=O) groups excluding carboxylic acids is 1. The largest absolute Gasteiger partial charge is 0.463 e. The number of rotatable bonds is 11. The van der Waals surface area contributed by atoms with E-state index in [0.29, 0.717) is 29.2 Å². The Balaban J connectivity index is 1.75. The van der Waals surface area contributed by atoms with Crippen molar-refractivity contribution < 1.29 is 14.5 Å². The summed E-state index contributed by atoms with van der Waals surface area (Å²) >= 11 is 4.20. The fourth-order valence-electron chi connectivity index (χ4n) is 3.13. The van der Waals surface area contributed by atoms with Gasteiger partial charge < -0.3 is 21.1 Å². The van der Waals surface area contributed by atoms with Gasteiger partial charge in [-0.25, -0.2) is 4.98 Å². The van der Waals surface area contributed by atoms with Crippen LogP contribution in [0.5, 0.6) is 5.88 Å². The highest BCUT2D eigenvalue weighted by atomic mass is 32.1. The highest BCUT2D eigenvalue weighted by Gasteiger charge is 2.20. The predicted octanol–water partition coefficient (Wildman–Crippen LogP) is 3.41. The second kappa shape index (κ2) is 12.0. The summed E-state index contributed by atoms with van der Waals surface area (Å²) in [6, 6.07) is 19.4. The van der Waals surface area contributed by atoms with Crippen LogP contribution in [0, 0.1) is 10.1 Å². The molecule has 1 aromatic heterocycles. The highest BCUT2D eigenvalue weighted by molar-refractivity contribution is 7.80. The number of nitrogens with one attached hydrogen (secondary N) is 2. The zero-order valence-electron chi connectivity index (χ0n) is 18.7. The van der Waals surface area contributed by atoms with Gasteiger partial charge in [-0.05, 0) is 19.1 Å². The number of amides is 1. The molecule has 0 aliphatic carbocycles. The average Bonchev–Trinajstić information content (AvgIpc) is 2.86. The topological polar surface area (TPSA) is 132 Å². The van der Waals surface area contributed by atoms with Crippen molar-refractivity contribution in [2.24, 2.45) is 5.73 Å². The number of thiol groups is 1. The average molecular weight is 482 g/mol. The number of pyridine rings is 1. The van der Waals surface area contributed by atoms with Crippen molar-refractivity contribution in [2.45, 2.75) is 25.6 Å². The zero-order valence-corrected chi connectivity index (χ0v) is 19.6. The van der Waals surface area contributed by atoms with Gasteiger partial charge in [-0.2, -0.15) is 12.6 Å². The van der Waals surface area contributed by atoms with Crippen molar-refractivity contribution >= 4 is 29.9 Å². The van der Waals surface area contributed by atoms with Crippen LogP contribution in [0.1, 0.15) is 12.5 Å². The number of para-hydroxylation sites is 1. The maximum absolute atomic E-state index is 12.7. The maximum Gasteiger partial charge on any atom is 0.274 e. The summed E-state index contributed by atoms with van der Waals surface area (Å²) in [5.74, 6) is 0.326. The summed E-state index contributed by atoms with van der Waals surface area (Å²) in [5, 5.41) is 17.1. The number of ether oxygens (including phenoxy) is 1. The Morgan fingerprint density at radius 2 is 1.85 bits per heavy atom. The van der Waals surface area contributed by atoms with Crippen molar-refractivity contribution in [1.29, 1.82) is 0 Å². The van der Waals surface area contributed by atoms with Gasteiger partial charge in [0.05, 0.1) is 16.3 Å². The summed E-state index contributed by atoms with van der Waals surface area (Å²) < 4.78 is 5.92. The van der Waals surface area contributed by atoms with E-state index >= 15 is 0 Å². The van der Waals surface area contributed by atoms with Gasteiger partial charge >= 0.3 is 0 Å². The van der Waals surface area contributed by atoms with Crippen molar-refractivity contribution in [3.8, 4) is 17.1 Å². The van der Waals surface area contributed by atoms with Crippen LogP contribution in [-0.4, -0.2) is 40.3 Å². The molecule has 0 radical (unpaired) electrons. The van der Waals surface area contributed by atoms with Crippen molar-refractivity contribution in [1.82, 2.24) is 10.3 Å². The van der Waals surface area contributed by atoms with Crippen LogP contribution in [0.2, 0.25) is 0 Å². The van der Waals surface area contributed by atoms with Gasteiger partial charge in [-0.15, -0.1) is 0 Å². The highest BCUT2D eigenvalue weighted by Crippen LogP contribution is 2.28. The maximum atomic E-state index is 12.7. The number of nitro groups is 1. The van der Waals surface area contributed by atoms with Gasteiger partial charge in [-0.3, -0.25) is 14.9 Å². The van der Waals surface area contributed by atoms with E-state index in [1.807, 2.05) is 42.5 Å². The number of benzene rings is 2. The summed E-state index contributed by atoms with van der Waals surface area (Å²) in [6.07, 6.45) is -0.902. The first-order chi connectivity index (χ1) is 16.4. The van der Waals surface area contributed by atoms with Gasteiger partial charge in [0.25, 0.3) is 11.6 Å². The van der Waals surface area contributed by atoms with E-state index in [2.05, 4.69) is 28.2 Å². The molecule has 34 heavy (non-hydrogen) atoms. The first kappa shape index (κ1) is 25.0.